The van der Waals surface area contributed by atoms with Gasteiger partial charge in [0.1, 0.15) is 0 Å². The van der Waals surface area contributed by atoms with Crippen molar-refractivity contribution in [1.82, 2.24) is 0 Å². The summed E-state index contributed by atoms with van der Waals surface area (Å²) in [4.78, 5) is 0. The maximum atomic E-state index is 5.82. The Morgan fingerprint density at radius 3 is 2.94 bits per heavy atom. The van der Waals surface area contributed by atoms with Crippen LogP contribution in [-0.2, 0) is 14.2 Å². The first-order chi connectivity index (χ1) is 7.62. The summed E-state index contributed by atoms with van der Waals surface area (Å²) in [6.45, 7) is 5.11. The smallest absolute Gasteiger partial charge is 0.161 e. The molecule has 2 heterocycles. The van der Waals surface area contributed by atoms with Crippen LogP contribution in [0.15, 0.2) is 0 Å². The molecule has 4 heteroatoms. The standard InChI is InChI=1S/C12H19ClO3/c1-7-3-10-12(2,16-10)4-9(7)11-14-6-8(5-13)15-11/h7-11H,3-6H2,1-2H3/t7-,8-,9-,10+,11+,12-/m0/s1. The second-order valence-corrected chi connectivity index (χ2v) is 5.92. The van der Waals surface area contributed by atoms with Crippen LogP contribution >= 0.6 is 11.6 Å². The van der Waals surface area contributed by atoms with Crippen molar-refractivity contribution in [3.63, 3.8) is 0 Å². The molecule has 0 radical (unpaired) electrons. The van der Waals surface area contributed by atoms with Crippen LogP contribution in [0.25, 0.3) is 0 Å². The predicted molar refractivity (Wildman–Crippen MR) is 60.5 cm³/mol. The van der Waals surface area contributed by atoms with E-state index in [1.165, 1.54) is 0 Å². The van der Waals surface area contributed by atoms with Crippen LogP contribution in [0.1, 0.15) is 26.7 Å². The Morgan fingerprint density at radius 2 is 2.25 bits per heavy atom. The third kappa shape index (κ3) is 1.78. The molecule has 0 aromatic heterocycles. The molecule has 2 saturated heterocycles. The van der Waals surface area contributed by atoms with Gasteiger partial charge in [-0.05, 0) is 25.7 Å². The van der Waals surface area contributed by atoms with Crippen molar-refractivity contribution < 1.29 is 14.2 Å². The van der Waals surface area contributed by atoms with E-state index in [4.69, 9.17) is 25.8 Å². The summed E-state index contributed by atoms with van der Waals surface area (Å²) < 4.78 is 17.3. The summed E-state index contributed by atoms with van der Waals surface area (Å²) in [5, 5.41) is 0. The highest BCUT2D eigenvalue weighted by atomic mass is 35.5. The Balaban J connectivity index is 1.65. The van der Waals surface area contributed by atoms with E-state index in [0.717, 1.165) is 12.8 Å². The lowest BCUT2D eigenvalue weighted by Crippen LogP contribution is -2.37. The Morgan fingerprint density at radius 1 is 1.44 bits per heavy atom. The maximum Gasteiger partial charge on any atom is 0.161 e. The molecule has 6 atom stereocenters. The average Bonchev–Trinajstić information content (AvgIpc) is 2.74. The first kappa shape index (κ1) is 11.3. The van der Waals surface area contributed by atoms with Gasteiger partial charge in [-0.15, -0.1) is 11.6 Å². The van der Waals surface area contributed by atoms with E-state index in [2.05, 4.69) is 13.8 Å². The molecule has 0 spiro atoms. The number of epoxide rings is 1. The summed E-state index contributed by atoms with van der Waals surface area (Å²) in [6, 6.07) is 0. The second-order valence-electron chi connectivity index (χ2n) is 5.61. The normalized spacial score (nSPS) is 56.1. The topological polar surface area (TPSA) is 31.0 Å². The maximum absolute atomic E-state index is 5.82. The van der Waals surface area contributed by atoms with Gasteiger partial charge in [-0.25, -0.2) is 0 Å². The van der Waals surface area contributed by atoms with Crippen LogP contribution in [0.5, 0.6) is 0 Å². The lowest BCUT2D eigenvalue weighted by molar-refractivity contribution is -0.116. The molecule has 3 rings (SSSR count). The van der Waals surface area contributed by atoms with Gasteiger partial charge < -0.3 is 14.2 Å². The van der Waals surface area contributed by atoms with Crippen LogP contribution in [0.3, 0.4) is 0 Å². The van der Waals surface area contributed by atoms with E-state index in [9.17, 15) is 0 Å². The quantitative estimate of drug-likeness (QED) is 0.553. The van der Waals surface area contributed by atoms with Crippen molar-refractivity contribution in [3.8, 4) is 0 Å². The lowest BCUT2D eigenvalue weighted by Gasteiger charge is -2.32. The Kier molecular flexibility index (Phi) is 2.70. The minimum atomic E-state index is -0.0688. The van der Waals surface area contributed by atoms with Crippen molar-refractivity contribution in [2.75, 3.05) is 12.5 Å². The van der Waals surface area contributed by atoms with Crippen molar-refractivity contribution in [1.29, 1.82) is 0 Å². The van der Waals surface area contributed by atoms with Crippen LogP contribution in [0.2, 0.25) is 0 Å². The summed E-state index contributed by atoms with van der Waals surface area (Å²) in [5.41, 5.74) is 0.100. The largest absolute Gasteiger partial charge is 0.366 e. The van der Waals surface area contributed by atoms with Gasteiger partial charge in [-0.1, -0.05) is 6.92 Å². The molecule has 0 bridgehead atoms. The van der Waals surface area contributed by atoms with Gasteiger partial charge in [-0.3, -0.25) is 0 Å². The lowest BCUT2D eigenvalue weighted by atomic mass is 9.75. The van der Waals surface area contributed by atoms with Crippen molar-refractivity contribution in [2.45, 2.75) is 50.8 Å². The zero-order valence-corrected chi connectivity index (χ0v) is 10.6. The van der Waals surface area contributed by atoms with Gasteiger partial charge in [0.25, 0.3) is 0 Å². The molecule has 1 aliphatic carbocycles. The molecular weight excluding hydrogens is 228 g/mol. The molecule has 3 fully saturated rings. The molecule has 0 aromatic rings. The van der Waals surface area contributed by atoms with Gasteiger partial charge >= 0.3 is 0 Å². The first-order valence-corrected chi connectivity index (χ1v) is 6.66. The zero-order chi connectivity index (χ0) is 11.3. The minimum Gasteiger partial charge on any atom is -0.366 e. The number of ether oxygens (including phenoxy) is 3. The number of rotatable bonds is 2. The van der Waals surface area contributed by atoms with E-state index >= 15 is 0 Å². The average molecular weight is 247 g/mol. The van der Waals surface area contributed by atoms with E-state index in [-0.39, 0.29) is 18.0 Å². The van der Waals surface area contributed by atoms with Crippen molar-refractivity contribution in [3.05, 3.63) is 0 Å². The Hall–Kier alpha value is 0.170. The third-order valence-electron chi connectivity index (χ3n) is 4.29. The zero-order valence-electron chi connectivity index (χ0n) is 9.82. The minimum absolute atomic E-state index is 0.0688. The van der Waals surface area contributed by atoms with Gasteiger partial charge in [0.15, 0.2) is 6.29 Å². The van der Waals surface area contributed by atoms with Gasteiger partial charge in [-0.2, -0.15) is 0 Å². The Bertz CT molecular complexity index is 285. The highest BCUT2D eigenvalue weighted by Gasteiger charge is 2.59. The summed E-state index contributed by atoms with van der Waals surface area (Å²) in [5.74, 6) is 1.59. The van der Waals surface area contributed by atoms with Crippen LogP contribution < -0.4 is 0 Å². The molecule has 3 nitrogen and oxygen atoms in total. The fraction of sp³-hybridized carbons (Fsp3) is 1.00. The van der Waals surface area contributed by atoms with E-state index in [1.54, 1.807) is 0 Å². The van der Waals surface area contributed by atoms with E-state index in [1.807, 2.05) is 0 Å². The van der Waals surface area contributed by atoms with Gasteiger partial charge in [0, 0.05) is 5.92 Å². The third-order valence-corrected chi connectivity index (χ3v) is 4.63. The van der Waals surface area contributed by atoms with E-state index < -0.39 is 0 Å². The molecule has 2 aliphatic heterocycles. The highest BCUT2D eigenvalue weighted by Crippen LogP contribution is 2.53. The van der Waals surface area contributed by atoms with Crippen LogP contribution in [0.4, 0.5) is 0 Å². The number of alkyl halides is 1. The van der Waals surface area contributed by atoms with Crippen molar-refractivity contribution >= 4 is 11.6 Å². The fourth-order valence-corrected chi connectivity index (χ4v) is 3.25. The molecule has 0 amide bonds. The fourth-order valence-electron chi connectivity index (χ4n) is 3.09. The molecule has 0 N–H and O–H groups in total. The molecular formula is C12H19ClO3. The second kappa shape index (κ2) is 3.84. The number of hydrogen-bond donors (Lipinski definition) is 0. The van der Waals surface area contributed by atoms with Gasteiger partial charge in [0.05, 0.1) is 30.3 Å². The first-order valence-electron chi connectivity index (χ1n) is 6.13. The number of fused-ring (bicyclic) bond motifs is 1. The molecule has 0 unspecified atom stereocenters. The number of hydrogen-bond acceptors (Lipinski definition) is 3. The summed E-state index contributed by atoms with van der Waals surface area (Å²) >= 11 is 5.78. The molecule has 3 aliphatic rings. The molecule has 0 aromatic carbocycles. The predicted octanol–water partition coefficient (Wildman–Crippen LogP) is 2.17. The molecule has 92 valence electrons. The highest BCUT2D eigenvalue weighted by molar-refractivity contribution is 6.18. The number of halogens is 1. The summed E-state index contributed by atoms with van der Waals surface area (Å²) in [6.07, 6.45) is 2.67. The molecule has 16 heavy (non-hydrogen) atoms. The molecule has 1 saturated carbocycles. The van der Waals surface area contributed by atoms with Gasteiger partial charge in [0.2, 0.25) is 0 Å². The van der Waals surface area contributed by atoms with Crippen molar-refractivity contribution in [2.24, 2.45) is 11.8 Å². The van der Waals surface area contributed by atoms with Crippen LogP contribution in [0, 0.1) is 11.8 Å². The summed E-state index contributed by atoms with van der Waals surface area (Å²) in [7, 11) is 0. The SMILES string of the molecule is C[C@H]1C[C@H]2O[C@@]2(C)C[C@@H]1[C@@H]1OC[C@H](CCl)O1. The monoisotopic (exact) mass is 246 g/mol. The van der Waals surface area contributed by atoms with Crippen LogP contribution in [-0.4, -0.2) is 36.6 Å². The van der Waals surface area contributed by atoms with E-state index in [0.29, 0.717) is 30.4 Å². The Labute approximate surface area is 101 Å².